The van der Waals surface area contributed by atoms with E-state index in [0.29, 0.717) is 15.6 Å². The number of benzene rings is 2. The topological polar surface area (TPSA) is 61.7 Å². The zero-order chi connectivity index (χ0) is 14.5. The van der Waals surface area contributed by atoms with Crippen LogP contribution in [0.1, 0.15) is 15.9 Å². The van der Waals surface area contributed by atoms with Crippen molar-refractivity contribution in [3.63, 3.8) is 0 Å². The van der Waals surface area contributed by atoms with Gasteiger partial charge in [0, 0.05) is 15.6 Å². The van der Waals surface area contributed by atoms with Gasteiger partial charge in [-0.1, -0.05) is 45.7 Å². The first kappa shape index (κ1) is 14.6. The number of aromatic hydroxyl groups is 1. The van der Waals surface area contributed by atoms with Crippen molar-refractivity contribution in [3.8, 4) is 5.75 Å². The van der Waals surface area contributed by atoms with Crippen molar-refractivity contribution >= 4 is 39.7 Å². The third-order valence-electron chi connectivity index (χ3n) is 2.46. The van der Waals surface area contributed by atoms with Crippen LogP contribution in [0.25, 0.3) is 0 Å². The van der Waals surface area contributed by atoms with E-state index in [0.717, 1.165) is 0 Å². The van der Waals surface area contributed by atoms with Crippen LogP contribution in [0.5, 0.6) is 5.75 Å². The summed E-state index contributed by atoms with van der Waals surface area (Å²) >= 11 is 9.09. The van der Waals surface area contributed by atoms with Gasteiger partial charge in [0.05, 0.1) is 11.2 Å². The van der Waals surface area contributed by atoms with E-state index >= 15 is 0 Å². The summed E-state index contributed by atoms with van der Waals surface area (Å²) in [6.07, 6.45) is 1.33. The third kappa shape index (κ3) is 3.59. The molecule has 0 atom stereocenters. The monoisotopic (exact) mass is 352 g/mol. The lowest BCUT2D eigenvalue weighted by Gasteiger charge is -2.03. The fourth-order valence-electron chi connectivity index (χ4n) is 1.50. The van der Waals surface area contributed by atoms with Crippen molar-refractivity contribution in [2.24, 2.45) is 5.10 Å². The Morgan fingerprint density at radius 2 is 2.00 bits per heavy atom. The molecule has 2 aromatic rings. The Hall–Kier alpha value is -1.85. The van der Waals surface area contributed by atoms with Crippen molar-refractivity contribution in [2.75, 3.05) is 0 Å². The maximum atomic E-state index is 11.7. The normalized spacial score (nSPS) is 10.7. The molecule has 0 bridgehead atoms. The maximum absolute atomic E-state index is 11.7. The van der Waals surface area contributed by atoms with Crippen LogP contribution in [0.15, 0.2) is 52.0 Å². The minimum atomic E-state index is -0.331. The molecule has 6 heteroatoms. The molecule has 102 valence electrons. The Morgan fingerprint density at radius 3 is 2.70 bits per heavy atom. The quantitative estimate of drug-likeness (QED) is 0.654. The SMILES string of the molecule is O=C(NN=Cc1cc(Br)cc(Cl)c1O)c1ccccc1. The number of amides is 1. The lowest BCUT2D eigenvalue weighted by Crippen LogP contribution is -2.17. The van der Waals surface area contributed by atoms with E-state index in [9.17, 15) is 9.90 Å². The Balaban J connectivity index is 2.10. The van der Waals surface area contributed by atoms with Gasteiger partial charge in [-0.2, -0.15) is 5.10 Å². The summed E-state index contributed by atoms with van der Waals surface area (Å²) in [4.78, 5) is 11.7. The van der Waals surface area contributed by atoms with Crippen molar-refractivity contribution in [1.29, 1.82) is 0 Å². The average molecular weight is 354 g/mol. The molecule has 0 fully saturated rings. The fourth-order valence-corrected chi connectivity index (χ4v) is 2.33. The Kier molecular flexibility index (Phi) is 4.76. The number of rotatable bonds is 3. The summed E-state index contributed by atoms with van der Waals surface area (Å²) in [7, 11) is 0. The van der Waals surface area contributed by atoms with E-state index in [2.05, 4.69) is 26.5 Å². The molecule has 0 heterocycles. The minimum absolute atomic E-state index is 0.0902. The standard InChI is InChI=1S/C14H10BrClN2O2/c15-11-6-10(13(19)12(16)7-11)8-17-18-14(20)9-4-2-1-3-5-9/h1-8,19H,(H,18,20). The van der Waals surface area contributed by atoms with Gasteiger partial charge >= 0.3 is 0 Å². The summed E-state index contributed by atoms with van der Waals surface area (Å²) in [5.41, 5.74) is 3.28. The molecule has 2 aromatic carbocycles. The summed E-state index contributed by atoms with van der Waals surface area (Å²) < 4.78 is 0.705. The van der Waals surface area contributed by atoms with Crippen LogP contribution in [0.4, 0.5) is 0 Å². The molecule has 0 aromatic heterocycles. The second kappa shape index (κ2) is 6.54. The molecule has 0 saturated carbocycles. The van der Waals surface area contributed by atoms with Crippen molar-refractivity contribution < 1.29 is 9.90 Å². The van der Waals surface area contributed by atoms with Crippen molar-refractivity contribution in [2.45, 2.75) is 0 Å². The Bertz CT molecular complexity index is 660. The van der Waals surface area contributed by atoms with Crippen molar-refractivity contribution in [3.05, 3.63) is 63.1 Å². The maximum Gasteiger partial charge on any atom is 0.271 e. The molecule has 0 saturated heterocycles. The summed E-state index contributed by atoms with van der Waals surface area (Å²) in [6.45, 7) is 0. The van der Waals surface area contributed by atoms with E-state index in [4.69, 9.17) is 11.6 Å². The highest BCUT2D eigenvalue weighted by atomic mass is 79.9. The van der Waals surface area contributed by atoms with Crippen LogP contribution >= 0.6 is 27.5 Å². The first-order valence-corrected chi connectivity index (χ1v) is 6.81. The van der Waals surface area contributed by atoms with E-state index in [1.165, 1.54) is 6.21 Å². The Morgan fingerprint density at radius 1 is 1.30 bits per heavy atom. The number of halogens is 2. The molecular weight excluding hydrogens is 344 g/mol. The highest BCUT2D eigenvalue weighted by Crippen LogP contribution is 2.30. The highest BCUT2D eigenvalue weighted by Gasteiger charge is 2.06. The number of nitrogens with zero attached hydrogens (tertiary/aromatic N) is 1. The number of hydrazone groups is 1. The van der Waals surface area contributed by atoms with Gasteiger partial charge in [-0.25, -0.2) is 5.43 Å². The van der Waals surface area contributed by atoms with E-state index in [1.807, 2.05) is 6.07 Å². The van der Waals surface area contributed by atoms with Crippen LogP contribution < -0.4 is 5.43 Å². The number of carbonyl (C=O) groups excluding carboxylic acids is 1. The molecule has 0 aliphatic heterocycles. The smallest absolute Gasteiger partial charge is 0.271 e. The highest BCUT2D eigenvalue weighted by molar-refractivity contribution is 9.10. The molecule has 0 spiro atoms. The second-order valence-corrected chi connectivity index (χ2v) is 5.21. The van der Waals surface area contributed by atoms with Crippen LogP contribution in [0, 0.1) is 0 Å². The van der Waals surface area contributed by atoms with E-state index in [1.54, 1.807) is 36.4 Å². The minimum Gasteiger partial charge on any atom is -0.506 e. The molecule has 0 aliphatic carbocycles. The largest absolute Gasteiger partial charge is 0.506 e. The number of hydrogen-bond acceptors (Lipinski definition) is 3. The summed E-state index contributed by atoms with van der Waals surface area (Å²) in [6, 6.07) is 11.9. The molecule has 0 aliphatic rings. The van der Waals surface area contributed by atoms with Gasteiger partial charge in [0.15, 0.2) is 0 Å². The molecule has 2 N–H and O–H groups in total. The van der Waals surface area contributed by atoms with Gasteiger partial charge in [-0.15, -0.1) is 0 Å². The van der Waals surface area contributed by atoms with Gasteiger partial charge in [-0.3, -0.25) is 4.79 Å². The van der Waals surface area contributed by atoms with Crippen LogP contribution in [0.2, 0.25) is 5.02 Å². The lowest BCUT2D eigenvalue weighted by molar-refractivity contribution is 0.0955. The first-order chi connectivity index (χ1) is 9.58. The number of carbonyl (C=O) groups is 1. The Labute approximate surface area is 129 Å². The van der Waals surface area contributed by atoms with Gasteiger partial charge in [0.2, 0.25) is 0 Å². The number of nitrogens with one attached hydrogen (secondary N) is 1. The summed E-state index contributed by atoms with van der Waals surface area (Å²) in [5.74, 6) is -0.421. The lowest BCUT2D eigenvalue weighted by atomic mass is 10.2. The van der Waals surface area contributed by atoms with E-state index < -0.39 is 0 Å². The molecule has 2 rings (SSSR count). The van der Waals surface area contributed by atoms with Gasteiger partial charge in [0.1, 0.15) is 5.75 Å². The zero-order valence-corrected chi connectivity index (χ0v) is 12.5. The predicted octanol–water partition coefficient (Wildman–Crippen LogP) is 3.57. The van der Waals surface area contributed by atoms with Gasteiger partial charge in [0.25, 0.3) is 5.91 Å². The predicted molar refractivity (Wildman–Crippen MR) is 82.3 cm³/mol. The van der Waals surface area contributed by atoms with Crippen LogP contribution in [-0.4, -0.2) is 17.2 Å². The number of phenolic OH excluding ortho intramolecular Hbond substituents is 1. The molecule has 1 amide bonds. The molecule has 0 unspecified atom stereocenters. The average Bonchev–Trinajstić information content (AvgIpc) is 2.44. The molecule has 0 radical (unpaired) electrons. The van der Waals surface area contributed by atoms with Crippen LogP contribution in [0.3, 0.4) is 0 Å². The second-order valence-electron chi connectivity index (χ2n) is 3.89. The van der Waals surface area contributed by atoms with E-state index in [-0.39, 0.29) is 16.7 Å². The molecule has 4 nitrogen and oxygen atoms in total. The first-order valence-electron chi connectivity index (χ1n) is 5.64. The molecular formula is C14H10BrClN2O2. The number of phenols is 1. The summed E-state index contributed by atoms with van der Waals surface area (Å²) in [5, 5.41) is 13.7. The molecule has 20 heavy (non-hydrogen) atoms. The van der Waals surface area contributed by atoms with Gasteiger partial charge < -0.3 is 5.11 Å². The zero-order valence-electron chi connectivity index (χ0n) is 10.2. The van der Waals surface area contributed by atoms with Gasteiger partial charge in [-0.05, 0) is 24.3 Å². The van der Waals surface area contributed by atoms with Crippen LogP contribution in [-0.2, 0) is 0 Å². The number of hydrogen-bond donors (Lipinski definition) is 2. The van der Waals surface area contributed by atoms with Crippen molar-refractivity contribution in [1.82, 2.24) is 5.43 Å². The third-order valence-corrected chi connectivity index (χ3v) is 3.21. The fraction of sp³-hybridized carbons (Fsp3) is 0.